The Morgan fingerprint density at radius 2 is 1.79 bits per heavy atom. The maximum absolute atomic E-state index is 12.4. The number of cyclic esters (lactones) is 1. The lowest BCUT2D eigenvalue weighted by Crippen LogP contribution is -2.64. The zero-order chi connectivity index (χ0) is 27.0. The Morgan fingerprint density at radius 1 is 1.00 bits per heavy atom. The van der Waals surface area contributed by atoms with E-state index in [1.807, 2.05) is 0 Å². The van der Waals surface area contributed by atoms with Gasteiger partial charge in [-0.1, -0.05) is 13.8 Å². The van der Waals surface area contributed by atoms with Gasteiger partial charge in [0.15, 0.2) is 6.23 Å². The molecule has 12 atom stereocenters. The molecule has 0 bridgehead atoms. The number of hydrogen-bond donors (Lipinski definition) is 4. The van der Waals surface area contributed by atoms with Crippen molar-refractivity contribution < 1.29 is 39.5 Å². The topological polar surface area (TPSA) is 129 Å². The van der Waals surface area contributed by atoms with Crippen molar-refractivity contribution in [2.75, 3.05) is 20.3 Å². The zero-order valence-corrected chi connectivity index (χ0v) is 22.9. The first-order chi connectivity index (χ1) is 18.0. The summed E-state index contributed by atoms with van der Waals surface area (Å²) in [6.07, 6.45) is 5.76. The van der Waals surface area contributed by atoms with Crippen LogP contribution in [-0.4, -0.2) is 88.0 Å². The molecule has 0 radical (unpaired) electrons. The highest BCUT2D eigenvalue weighted by molar-refractivity contribution is 5.85. The summed E-state index contributed by atoms with van der Waals surface area (Å²) in [5.74, 6) is 1.11. The molecule has 6 rings (SSSR count). The molecule has 38 heavy (non-hydrogen) atoms. The average molecular weight is 536 g/mol. The molecule has 214 valence electrons. The standard InChI is InChI=1S/C29H45NO8/c1-27-9-6-18(30(36-3)26-25(34)24(33)22(31)15-38-26)13-17(27)4-5-21-20(27)7-10-28(2)19(8-11-29(21,28)35)16-12-23(32)37-14-16/h12,17-22,24-26,31,33-35H,4-11,13-15H2,1-3H3/t17?,18-,19+,20?,21?,22-,24+,25-,26?,27-,28+,29-/m0/s1. The molecule has 4 unspecified atom stereocenters. The Labute approximate surface area is 225 Å². The summed E-state index contributed by atoms with van der Waals surface area (Å²) >= 11 is 0. The number of esters is 1. The van der Waals surface area contributed by atoms with Crippen molar-refractivity contribution >= 4 is 5.97 Å². The van der Waals surface area contributed by atoms with Crippen molar-refractivity contribution in [3.05, 3.63) is 11.6 Å². The Morgan fingerprint density at radius 3 is 2.50 bits per heavy atom. The summed E-state index contributed by atoms with van der Waals surface area (Å²) in [6.45, 7) is 5.01. The van der Waals surface area contributed by atoms with Gasteiger partial charge in [0.05, 0.1) is 19.3 Å². The lowest BCUT2D eigenvalue weighted by atomic mass is 9.43. The highest BCUT2D eigenvalue weighted by atomic mass is 16.7. The average Bonchev–Trinajstić information content (AvgIpc) is 3.44. The minimum Gasteiger partial charge on any atom is -0.458 e. The molecule has 4 saturated carbocycles. The fraction of sp³-hybridized carbons (Fsp3) is 0.897. The first kappa shape index (κ1) is 27.1. The number of hydrogen-bond acceptors (Lipinski definition) is 9. The van der Waals surface area contributed by atoms with E-state index in [9.17, 15) is 25.2 Å². The third-order valence-corrected chi connectivity index (χ3v) is 12.3. The summed E-state index contributed by atoms with van der Waals surface area (Å²) in [6, 6.07) is 0.0383. The second-order valence-electron chi connectivity index (χ2n) is 13.5. The number of nitrogens with zero attached hydrogens (tertiary/aromatic N) is 1. The van der Waals surface area contributed by atoms with E-state index in [-0.39, 0.29) is 41.3 Å². The molecule has 0 aromatic carbocycles. The molecule has 2 aliphatic heterocycles. The maximum atomic E-state index is 12.4. The SMILES string of the molecule is CON(C1OC[C@H](O)[C@@H](O)[C@@H]1O)[C@H]1CC[C@@]2(C)C(CCC3C2CC[C@]2(C)[C@@H](C4=CC(=O)OC4)CC[C@]32O)C1. The molecular weight excluding hydrogens is 490 g/mol. The van der Waals surface area contributed by atoms with E-state index >= 15 is 0 Å². The van der Waals surface area contributed by atoms with Crippen molar-refractivity contribution in [1.29, 1.82) is 0 Å². The van der Waals surface area contributed by atoms with Gasteiger partial charge < -0.3 is 29.9 Å². The number of carbonyl (C=O) groups is 1. The van der Waals surface area contributed by atoms with Crippen LogP contribution < -0.4 is 0 Å². The van der Waals surface area contributed by atoms with Gasteiger partial charge in [-0.05, 0) is 92.4 Å². The largest absolute Gasteiger partial charge is 0.458 e. The zero-order valence-electron chi connectivity index (χ0n) is 22.9. The Hall–Kier alpha value is -1.07. The quantitative estimate of drug-likeness (QED) is 0.315. The van der Waals surface area contributed by atoms with E-state index in [0.717, 1.165) is 63.4 Å². The number of aliphatic hydroxyl groups excluding tert-OH is 3. The van der Waals surface area contributed by atoms with Crippen molar-refractivity contribution in [3.63, 3.8) is 0 Å². The van der Waals surface area contributed by atoms with Crippen LogP contribution >= 0.6 is 0 Å². The summed E-state index contributed by atoms with van der Waals surface area (Å²) < 4.78 is 11.0. The molecule has 9 nitrogen and oxygen atoms in total. The van der Waals surface area contributed by atoms with Gasteiger partial charge in [-0.25, -0.2) is 4.79 Å². The maximum Gasteiger partial charge on any atom is 0.331 e. The smallest absolute Gasteiger partial charge is 0.331 e. The van der Waals surface area contributed by atoms with Crippen LogP contribution in [0.5, 0.6) is 0 Å². The first-order valence-corrected chi connectivity index (χ1v) is 14.6. The number of aliphatic hydroxyl groups is 4. The van der Waals surface area contributed by atoms with Crippen molar-refractivity contribution in [1.82, 2.24) is 5.06 Å². The minimum atomic E-state index is -1.27. The fourth-order valence-electron chi connectivity index (χ4n) is 10.1. The second kappa shape index (κ2) is 9.50. The van der Waals surface area contributed by atoms with Crippen molar-refractivity contribution in [3.8, 4) is 0 Å². The third kappa shape index (κ3) is 3.80. The van der Waals surface area contributed by atoms with Gasteiger partial charge in [-0.2, -0.15) is 5.06 Å². The Kier molecular flexibility index (Phi) is 6.78. The summed E-state index contributed by atoms with van der Waals surface area (Å²) in [5.41, 5.74) is 0.215. The van der Waals surface area contributed by atoms with E-state index < -0.39 is 30.1 Å². The van der Waals surface area contributed by atoms with Gasteiger partial charge in [0.2, 0.25) is 0 Å². The number of fused-ring (bicyclic) bond motifs is 5. The summed E-state index contributed by atoms with van der Waals surface area (Å²) in [5, 5.41) is 44.9. The van der Waals surface area contributed by atoms with E-state index in [4.69, 9.17) is 14.3 Å². The Bertz CT molecular complexity index is 974. The van der Waals surface area contributed by atoms with E-state index in [0.29, 0.717) is 18.4 Å². The van der Waals surface area contributed by atoms with Gasteiger partial charge in [0.25, 0.3) is 0 Å². The molecule has 0 spiro atoms. The molecule has 0 aromatic heterocycles. The number of carbonyl (C=O) groups excluding carboxylic acids is 1. The van der Waals surface area contributed by atoms with Crippen LogP contribution in [0.4, 0.5) is 0 Å². The molecular formula is C29H45NO8. The van der Waals surface area contributed by atoms with Crippen LogP contribution in [0.2, 0.25) is 0 Å². The number of rotatable bonds is 4. The van der Waals surface area contributed by atoms with E-state index in [1.165, 1.54) is 0 Å². The monoisotopic (exact) mass is 535 g/mol. The van der Waals surface area contributed by atoms with Crippen LogP contribution in [-0.2, 0) is 19.1 Å². The van der Waals surface area contributed by atoms with Crippen LogP contribution in [0, 0.1) is 34.5 Å². The highest BCUT2D eigenvalue weighted by Crippen LogP contribution is 2.70. The van der Waals surface area contributed by atoms with Crippen LogP contribution in [0.1, 0.15) is 71.6 Å². The lowest BCUT2D eigenvalue weighted by Gasteiger charge is -2.64. The Balaban J connectivity index is 1.19. The van der Waals surface area contributed by atoms with Crippen LogP contribution in [0.15, 0.2) is 11.6 Å². The number of ether oxygens (including phenoxy) is 2. The molecule has 5 fully saturated rings. The summed E-state index contributed by atoms with van der Waals surface area (Å²) in [4.78, 5) is 17.5. The second-order valence-corrected chi connectivity index (χ2v) is 13.5. The van der Waals surface area contributed by atoms with Crippen LogP contribution in [0.3, 0.4) is 0 Å². The normalized spacial score (nSPS) is 52.7. The van der Waals surface area contributed by atoms with Gasteiger partial charge in [0, 0.05) is 17.5 Å². The van der Waals surface area contributed by atoms with Gasteiger partial charge in [0.1, 0.15) is 24.9 Å². The molecule has 4 aliphatic carbocycles. The molecule has 1 saturated heterocycles. The molecule has 2 heterocycles. The van der Waals surface area contributed by atoms with Gasteiger partial charge in [-0.3, -0.25) is 4.84 Å². The number of hydroxylamine groups is 2. The molecule has 0 amide bonds. The van der Waals surface area contributed by atoms with Gasteiger partial charge in [-0.15, -0.1) is 0 Å². The minimum absolute atomic E-state index is 0.0383. The highest BCUT2D eigenvalue weighted by Gasteiger charge is 2.68. The predicted molar refractivity (Wildman–Crippen MR) is 136 cm³/mol. The third-order valence-electron chi connectivity index (χ3n) is 12.3. The molecule has 0 aromatic rings. The van der Waals surface area contributed by atoms with Crippen LogP contribution in [0.25, 0.3) is 0 Å². The predicted octanol–water partition coefficient (Wildman–Crippen LogP) is 1.91. The lowest BCUT2D eigenvalue weighted by molar-refractivity contribution is -0.326. The van der Waals surface area contributed by atoms with Gasteiger partial charge >= 0.3 is 5.97 Å². The fourth-order valence-corrected chi connectivity index (χ4v) is 10.1. The van der Waals surface area contributed by atoms with E-state index in [1.54, 1.807) is 18.2 Å². The molecule has 9 heteroatoms. The molecule has 6 aliphatic rings. The molecule has 4 N–H and O–H groups in total. The van der Waals surface area contributed by atoms with Crippen molar-refractivity contribution in [2.45, 2.75) is 108 Å². The summed E-state index contributed by atoms with van der Waals surface area (Å²) in [7, 11) is 1.57. The van der Waals surface area contributed by atoms with E-state index in [2.05, 4.69) is 13.8 Å². The first-order valence-electron chi connectivity index (χ1n) is 14.6. The van der Waals surface area contributed by atoms with Crippen molar-refractivity contribution in [2.24, 2.45) is 34.5 Å².